The Hall–Kier alpha value is -3.84. The maximum absolute atomic E-state index is 14.6. The normalized spacial score (nSPS) is 25.3. The zero-order chi connectivity index (χ0) is 31.9. The van der Waals surface area contributed by atoms with Crippen LogP contribution in [0, 0.1) is 5.92 Å². The van der Waals surface area contributed by atoms with Crippen LogP contribution in [0.2, 0.25) is 0 Å². The Bertz CT molecular complexity index is 1710. The molecule has 3 aliphatic rings. The molecular weight excluding hydrogens is 597 g/mol. The third kappa shape index (κ3) is 6.32. The molecule has 240 valence electrons. The molecule has 1 aromatic carbocycles. The molecule has 45 heavy (non-hydrogen) atoms. The summed E-state index contributed by atoms with van der Waals surface area (Å²) in [5, 5.41) is 5.19. The molecule has 6 rings (SSSR count). The van der Waals surface area contributed by atoms with Gasteiger partial charge in [0, 0.05) is 68.4 Å². The highest BCUT2D eigenvalue weighted by molar-refractivity contribution is 7.90. The van der Waals surface area contributed by atoms with Crippen molar-refractivity contribution in [2.24, 2.45) is 5.92 Å². The molecule has 1 amide bonds. The highest BCUT2D eigenvalue weighted by atomic mass is 32.2. The molecule has 11 nitrogen and oxygen atoms in total. The fourth-order valence-electron chi connectivity index (χ4n) is 6.95. The summed E-state index contributed by atoms with van der Waals surface area (Å²) in [5.74, 6) is 1.64. The first-order chi connectivity index (χ1) is 21.6. The molecule has 3 fully saturated rings. The molecule has 0 spiro atoms. The van der Waals surface area contributed by atoms with E-state index in [1.807, 2.05) is 22.1 Å². The summed E-state index contributed by atoms with van der Waals surface area (Å²) >= 11 is 0. The zero-order valence-corrected chi connectivity index (χ0v) is 26.7. The van der Waals surface area contributed by atoms with Crippen molar-refractivity contribution in [3.8, 4) is 0 Å². The standard InChI is InChI=1S/C32H40FN7O4S/c1-5-31(41)39-13-6-7-26(39)22-8-9-27(40-17-21(20(40)2)19-45(4,42)43)24-16-35-30(15-23(22)24)36-29-10-12-34-32(37-29)38-14-11-28(44-3)25(33)18-38/h5,8-10,12,15-16,20-21,25-26,28H,1,6-7,11,13-14,17-19H2,2-4H3,(H,34,35,36,37)/t20-,21-,25+,26+,28-/m1/s1. The number of sulfone groups is 1. The van der Waals surface area contributed by atoms with E-state index in [-0.39, 0.29) is 36.2 Å². The van der Waals surface area contributed by atoms with E-state index >= 15 is 0 Å². The number of piperidine rings is 1. The van der Waals surface area contributed by atoms with Crippen LogP contribution in [0.5, 0.6) is 0 Å². The number of methoxy groups -OCH3 is 1. The van der Waals surface area contributed by atoms with Crippen molar-refractivity contribution in [1.29, 1.82) is 0 Å². The number of pyridine rings is 1. The molecule has 3 aromatic rings. The van der Waals surface area contributed by atoms with E-state index in [0.29, 0.717) is 43.6 Å². The lowest BCUT2D eigenvalue weighted by Crippen LogP contribution is -2.57. The van der Waals surface area contributed by atoms with Gasteiger partial charge in [0.05, 0.1) is 24.4 Å². The Morgan fingerprint density at radius 1 is 1.16 bits per heavy atom. The molecular formula is C32H40FN7O4S. The molecule has 5 atom stereocenters. The SMILES string of the molecule is C=CC(=O)N1CCC[C@H]1c1ccc(N2C[C@H](CS(C)(=O)=O)[C@H]2C)c2cnc(Nc3ccnc(N4CC[C@@H](OC)[C@@H](F)C4)n3)cc12. The van der Waals surface area contributed by atoms with Crippen LogP contribution >= 0.6 is 0 Å². The Balaban J connectivity index is 1.33. The van der Waals surface area contributed by atoms with Gasteiger partial charge in [-0.1, -0.05) is 12.6 Å². The smallest absolute Gasteiger partial charge is 0.246 e. The van der Waals surface area contributed by atoms with E-state index < -0.39 is 22.1 Å². The quantitative estimate of drug-likeness (QED) is 0.344. The molecule has 0 radical (unpaired) electrons. The van der Waals surface area contributed by atoms with Crippen molar-refractivity contribution in [2.45, 2.75) is 50.5 Å². The van der Waals surface area contributed by atoms with E-state index in [2.05, 4.69) is 45.8 Å². The third-order valence-corrected chi connectivity index (χ3v) is 10.4. The summed E-state index contributed by atoms with van der Waals surface area (Å²) in [6, 6.07) is 7.81. The number of anilines is 4. The van der Waals surface area contributed by atoms with Gasteiger partial charge in [-0.25, -0.2) is 22.8 Å². The Morgan fingerprint density at radius 3 is 2.69 bits per heavy atom. The summed E-state index contributed by atoms with van der Waals surface area (Å²) in [4.78, 5) is 32.4. The van der Waals surface area contributed by atoms with Crippen LogP contribution in [-0.4, -0.2) is 97.8 Å². The van der Waals surface area contributed by atoms with Crippen LogP contribution in [0.3, 0.4) is 0 Å². The molecule has 0 saturated carbocycles. The molecule has 13 heteroatoms. The first-order valence-electron chi connectivity index (χ1n) is 15.4. The van der Waals surface area contributed by atoms with Crippen molar-refractivity contribution >= 4 is 49.8 Å². The number of carbonyl (C=O) groups excluding carboxylic acids is 1. The average Bonchev–Trinajstić information content (AvgIpc) is 3.51. The molecule has 0 bridgehead atoms. The summed E-state index contributed by atoms with van der Waals surface area (Å²) < 4.78 is 43.8. The van der Waals surface area contributed by atoms with Gasteiger partial charge in [-0.05, 0) is 61.4 Å². The van der Waals surface area contributed by atoms with Gasteiger partial charge in [-0.2, -0.15) is 4.98 Å². The van der Waals surface area contributed by atoms with Crippen LogP contribution in [-0.2, 0) is 19.4 Å². The number of ether oxygens (including phenoxy) is 1. The van der Waals surface area contributed by atoms with Crippen molar-refractivity contribution < 1.29 is 22.3 Å². The number of benzene rings is 1. The zero-order valence-electron chi connectivity index (χ0n) is 25.9. The number of nitrogens with zero attached hydrogens (tertiary/aromatic N) is 6. The number of rotatable bonds is 9. The van der Waals surface area contributed by atoms with E-state index in [4.69, 9.17) is 9.72 Å². The lowest BCUT2D eigenvalue weighted by Gasteiger charge is -2.48. The predicted molar refractivity (Wildman–Crippen MR) is 173 cm³/mol. The molecule has 3 aliphatic heterocycles. The number of nitrogens with one attached hydrogen (secondary N) is 1. The van der Waals surface area contributed by atoms with Crippen molar-refractivity contribution in [3.05, 3.63) is 54.9 Å². The highest BCUT2D eigenvalue weighted by Gasteiger charge is 2.39. The van der Waals surface area contributed by atoms with Gasteiger partial charge < -0.3 is 24.8 Å². The number of aromatic nitrogens is 3. The van der Waals surface area contributed by atoms with Gasteiger partial charge >= 0.3 is 0 Å². The molecule has 5 heterocycles. The predicted octanol–water partition coefficient (Wildman–Crippen LogP) is 4.05. The highest BCUT2D eigenvalue weighted by Crippen LogP contribution is 2.42. The average molecular weight is 638 g/mol. The number of alkyl halides is 1. The van der Waals surface area contributed by atoms with Crippen molar-refractivity contribution in [3.63, 3.8) is 0 Å². The summed E-state index contributed by atoms with van der Waals surface area (Å²) in [7, 11) is -1.55. The van der Waals surface area contributed by atoms with E-state index in [9.17, 15) is 17.6 Å². The van der Waals surface area contributed by atoms with Gasteiger partial charge in [-0.3, -0.25) is 4.79 Å². The van der Waals surface area contributed by atoms with Crippen LogP contribution in [0.25, 0.3) is 10.8 Å². The number of fused-ring (bicyclic) bond motifs is 1. The molecule has 0 unspecified atom stereocenters. The summed E-state index contributed by atoms with van der Waals surface area (Å²) in [6.07, 6.45) is 6.84. The second-order valence-electron chi connectivity index (χ2n) is 12.3. The largest absolute Gasteiger partial charge is 0.378 e. The topological polar surface area (TPSA) is 121 Å². The van der Waals surface area contributed by atoms with E-state index in [1.54, 1.807) is 12.3 Å². The maximum Gasteiger partial charge on any atom is 0.246 e. The van der Waals surface area contributed by atoms with Crippen LogP contribution in [0.4, 0.5) is 27.7 Å². The fraction of sp³-hybridized carbons (Fsp3) is 0.500. The summed E-state index contributed by atoms with van der Waals surface area (Å²) in [5.41, 5.74) is 2.00. The minimum absolute atomic E-state index is 0.0502. The second kappa shape index (κ2) is 12.5. The molecule has 0 aliphatic carbocycles. The molecule has 3 saturated heterocycles. The van der Waals surface area contributed by atoms with Gasteiger partial charge in [0.1, 0.15) is 27.6 Å². The minimum atomic E-state index is -3.08. The van der Waals surface area contributed by atoms with Crippen LogP contribution < -0.4 is 15.1 Å². The summed E-state index contributed by atoms with van der Waals surface area (Å²) in [6.45, 7) is 7.80. The minimum Gasteiger partial charge on any atom is -0.378 e. The number of amides is 1. The monoisotopic (exact) mass is 637 g/mol. The molecule has 2 aromatic heterocycles. The number of hydrogen-bond donors (Lipinski definition) is 1. The number of carbonyl (C=O) groups is 1. The van der Waals surface area contributed by atoms with Crippen LogP contribution in [0.15, 0.2) is 49.3 Å². The second-order valence-corrected chi connectivity index (χ2v) is 14.5. The Morgan fingerprint density at radius 2 is 1.98 bits per heavy atom. The lowest BCUT2D eigenvalue weighted by molar-refractivity contribution is -0.126. The third-order valence-electron chi connectivity index (χ3n) is 9.38. The van der Waals surface area contributed by atoms with Gasteiger partial charge in [0.25, 0.3) is 0 Å². The first-order valence-corrected chi connectivity index (χ1v) is 17.4. The first kappa shape index (κ1) is 31.2. The number of hydrogen-bond acceptors (Lipinski definition) is 10. The Kier molecular flexibility index (Phi) is 8.66. The molecule has 1 N–H and O–H groups in total. The lowest BCUT2D eigenvalue weighted by atomic mass is 9.89. The number of likely N-dealkylation sites (tertiary alicyclic amines) is 1. The van der Waals surface area contributed by atoms with E-state index in [1.165, 1.54) is 19.4 Å². The van der Waals surface area contributed by atoms with Gasteiger partial charge in [-0.15, -0.1) is 0 Å². The fourth-order valence-corrected chi connectivity index (χ4v) is 8.11. The number of halogens is 1. The van der Waals surface area contributed by atoms with Crippen molar-refractivity contribution in [1.82, 2.24) is 19.9 Å². The van der Waals surface area contributed by atoms with Gasteiger partial charge in [0.2, 0.25) is 11.9 Å². The van der Waals surface area contributed by atoms with Crippen molar-refractivity contribution in [2.75, 3.05) is 60.4 Å². The van der Waals surface area contributed by atoms with Gasteiger partial charge in [0.15, 0.2) is 0 Å². The van der Waals surface area contributed by atoms with E-state index in [0.717, 1.165) is 34.9 Å². The van der Waals surface area contributed by atoms with Crippen LogP contribution in [0.1, 0.15) is 37.8 Å². The maximum atomic E-state index is 14.6. The Labute approximate surface area is 263 Å².